The van der Waals surface area contributed by atoms with Crippen LogP contribution in [0.15, 0.2) is 41.9 Å². The zero-order chi connectivity index (χ0) is 30.2. The van der Waals surface area contributed by atoms with Crippen molar-refractivity contribution in [3.63, 3.8) is 0 Å². The Labute approximate surface area is 244 Å². The summed E-state index contributed by atoms with van der Waals surface area (Å²) < 4.78 is 32.7. The number of carboxylic acids is 1. The Morgan fingerprint density at radius 1 is 1.12 bits per heavy atom. The van der Waals surface area contributed by atoms with E-state index in [0.717, 1.165) is 29.8 Å². The molecule has 3 aromatic heterocycles. The van der Waals surface area contributed by atoms with E-state index in [9.17, 15) is 13.2 Å². The molecule has 0 aliphatic carbocycles. The zero-order valence-corrected chi connectivity index (χ0v) is 25.1. The standard InChI is InChI=1S/C29H35N7O5S/c1-17-12-32-26(18(17)2)35-27-20-10-24(42(39,40)29(3,4)5)23(11-21(20)33-16-34-27)41-15-19-6-8-36(9-7-19)25-14-30-22(13-31-25)28(37)38/h10-14,16,19,32H,6-9,15H2,1-5H3,(H,37,38)(H,33,34,35). The fraction of sp³-hybridized carbons (Fsp3) is 0.414. The Morgan fingerprint density at radius 2 is 1.86 bits per heavy atom. The number of nitrogens with one attached hydrogen (secondary N) is 2. The zero-order valence-electron chi connectivity index (χ0n) is 24.3. The van der Waals surface area contributed by atoms with E-state index < -0.39 is 20.6 Å². The number of hydrogen-bond acceptors (Lipinski definition) is 10. The summed E-state index contributed by atoms with van der Waals surface area (Å²) in [7, 11) is -3.78. The monoisotopic (exact) mass is 593 g/mol. The van der Waals surface area contributed by atoms with Crippen LogP contribution in [0, 0.1) is 19.8 Å². The lowest BCUT2D eigenvalue weighted by molar-refractivity contribution is 0.0690. The van der Waals surface area contributed by atoms with E-state index in [1.54, 1.807) is 32.9 Å². The van der Waals surface area contributed by atoms with E-state index in [2.05, 4.69) is 35.1 Å². The molecule has 0 radical (unpaired) electrons. The normalized spacial score (nSPS) is 14.7. The molecular formula is C29H35N7O5S. The minimum Gasteiger partial charge on any atom is -0.492 e. The Hall–Kier alpha value is -4.26. The second-order valence-corrected chi connectivity index (χ2v) is 14.2. The van der Waals surface area contributed by atoms with Crippen LogP contribution in [-0.4, -0.2) is 68.9 Å². The molecular weight excluding hydrogens is 558 g/mol. The average molecular weight is 594 g/mol. The molecule has 1 saturated heterocycles. The number of H-pyrrole nitrogens is 1. The maximum atomic E-state index is 13.8. The minimum atomic E-state index is -3.78. The number of benzene rings is 1. The van der Waals surface area contributed by atoms with Gasteiger partial charge in [-0.05, 0) is 70.6 Å². The van der Waals surface area contributed by atoms with Gasteiger partial charge in [0.1, 0.15) is 34.4 Å². The van der Waals surface area contributed by atoms with Gasteiger partial charge in [0.25, 0.3) is 0 Å². The number of sulfone groups is 1. The summed E-state index contributed by atoms with van der Waals surface area (Å²) >= 11 is 0. The molecule has 0 atom stereocenters. The van der Waals surface area contributed by atoms with Gasteiger partial charge in [0.05, 0.1) is 29.3 Å². The number of carboxylic acid groups (broad SMARTS) is 1. The second kappa shape index (κ2) is 11.2. The quantitative estimate of drug-likeness (QED) is 0.260. The van der Waals surface area contributed by atoms with E-state index >= 15 is 0 Å². The molecule has 0 saturated carbocycles. The smallest absolute Gasteiger partial charge is 0.356 e. The fourth-order valence-electron chi connectivity index (χ4n) is 4.79. The van der Waals surface area contributed by atoms with Crippen molar-refractivity contribution in [2.24, 2.45) is 5.92 Å². The highest BCUT2D eigenvalue weighted by atomic mass is 32.2. The first-order chi connectivity index (χ1) is 19.8. The molecule has 0 amide bonds. The molecule has 4 aromatic rings. The third-order valence-electron chi connectivity index (χ3n) is 7.71. The van der Waals surface area contributed by atoms with Gasteiger partial charge in [0.2, 0.25) is 0 Å². The van der Waals surface area contributed by atoms with Crippen molar-refractivity contribution in [1.29, 1.82) is 0 Å². The van der Waals surface area contributed by atoms with Gasteiger partial charge in [-0.25, -0.2) is 33.1 Å². The Kier molecular flexibility index (Phi) is 7.80. The van der Waals surface area contributed by atoms with Crippen LogP contribution in [0.25, 0.3) is 10.9 Å². The van der Waals surface area contributed by atoms with Gasteiger partial charge in [0.15, 0.2) is 15.5 Å². The second-order valence-electron chi connectivity index (χ2n) is 11.6. The van der Waals surface area contributed by atoms with Crippen molar-refractivity contribution in [2.75, 3.05) is 29.9 Å². The lowest BCUT2D eigenvalue weighted by Gasteiger charge is -2.32. The number of carbonyl (C=O) groups is 1. The van der Waals surface area contributed by atoms with Crippen molar-refractivity contribution >= 4 is 44.2 Å². The van der Waals surface area contributed by atoms with E-state index in [0.29, 0.717) is 42.2 Å². The van der Waals surface area contributed by atoms with Crippen LogP contribution in [0.3, 0.4) is 0 Å². The summed E-state index contributed by atoms with van der Waals surface area (Å²) in [6.45, 7) is 10.7. The Bertz CT molecular complexity index is 1720. The summed E-state index contributed by atoms with van der Waals surface area (Å²) in [6.07, 6.45) is 7.66. The van der Waals surface area contributed by atoms with Crippen molar-refractivity contribution < 1.29 is 23.1 Å². The largest absolute Gasteiger partial charge is 0.492 e. The summed E-state index contributed by atoms with van der Waals surface area (Å²) in [5.74, 6) is 1.25. The van der Waals surface area contributed by atoms with Gasteiger partial charge in [-0.15, -0.1) is 0 Å². The third kappa shape index (κ3) is 5.73. The molecule has 0 spiro atoms. The van der Waals surface area contributed by atoms with Crippen molar-refractivity contribution in [2.45, 2.75) is 57.1 Å². The van der Waals surface area contributed by atoms with Gasteiger partial charge < -0.3 is 25.0 Å². The third-order valence-corrected chi connectivity index (χ3v) is 10.2. The van der Waals surface area contributed by atoms with Crippen molar-refractivity contribution in [3.8, 4) is 5.75 Å². The maximum absolute atomic E-state index is 13.8. The maximum Gasteiger partial charge on any atom is 0.356 e. The van der Waals surface area contributed by atoms with Gasteiger partial charge in [0, 0.05) is 30.7 Å². The molecule has 3 N–H and O–H groups in total. The number of ether oxygens (including phenoxy) is 1. The van der Waals surface area contributed by atoms with Crippen LogP contribution in [0.1, 0.15) is 55.2 Å². The van der Waals surface area contributed by atoms with Crippen LogP contribution in [0.2, 0.25) is 0 Å². The van der Waals surface area contributed by atoms with E-state index in [4.69, 9.17) is 9.84 Å². The van der Waals surface area contributed by atoms with Crippen LogP contribution >= 0.6 is 0 Å². The predicted molar refractivity (Wildman–Crippen MR) is 159 cm³/mol. The Morgan fingerprint density at radius 3 is 2.45 bits per heavy atom. The van der Waals surface area contributed by atoms with Gasteiger partial charge in [-0.2, -0.15) is 0 Å². The number of aromatic nitrogens is 5. The highest BCUT2D eigenvalue weighted by Crippen LogP contribution is 2.38. The highest BCUT2D eigenvalue weighted by Gasteiger charge is 2.35. The lowest BCUT2D eigenvalue weighted by atomic mass is 9.98. The fourth-order valence-corrected chi connectivity index (χ4v) is 6.11. The summed E-state index contributed by atoms with van der Waals surface area (Å²) in [5, 5.41) is 12.9. The minimum absolute atomic E-state index is 0.0962. The summed E-state index contributed by atoms with van der Waals surface area (Å²) in [6, 6.07) is 3.29. The first kappa shape index (κ1) is 29.2. The topological polar surface area (TPSA) is 163 Å². The molecule has 0 bridgehead atoms. The molecule has 1 aliphatic heterocycles. The van der Waals surface area contributed by atoms with Crippen molar-refractivity contribution in [3.05, 3.63) is 53.9 Å². The molecule has 1 aromatic carbocycles. The number of nitrogens with zero attached hydrogens (tertiary/aromatic N) is 5. The molecule has 1 aliphatic rings. The SMILES string of the molecule is Cc1c[nH]c(Nc2ncnc3cc(OCC4CCN(c5cnc(C(=O)O)cn5)CC4)c(S(=O)(=O)C(C)(C)C)cc23)c1C. The Balaban J connectivity index is 1.38. The molecule has 0 unspecified atom stereocenters. The summed E-state index contributed by atoms with van der Waals surface area (Å²) in [5.41, 5.74) is 2.60. The number of aromatic carboxylic acids is 1. The van der Waals surface area contributed by atoms with E-state index in [-0.39, 0.29) is 22.3 Å². The van der Waals surface area contributed by atoms with Crippen LogP contribution in [0.5, 0.6) is 5.75 Å². The van der Waals surface area contributed by atoms with Gasteiger partial charge in [-0.1, -0.05) is 0 Å². The number of anilines is 3. The lowest BCUT2D eigenvalue weighted by Crippen LogP contribution is -2.36. The van der Waals surface area contributed by atoms with Gasteiger partial charge in [-0.3, -0.25) is 0 Å². The molecule has 4 heterocycles. The number of aromatic amines is 1. The molecule has 42 heavy (non-hydrogen) atoms. The summed E-state index contributed by atoms with van der Waals surface area (Å²) in [4.78, 5) is 33.4. The van der Waals surface area contributed by atoms with Crippen LogP contribution in [0.4, 0.5) is 17.5 Å². The average Bonchev–Trinajstić information content (AvgIpc) is 3.27. The van der Waals surface area contributed by atoms with Crippen LogP contribution < -0.4 is 15.0 Å². The first-order valence-electron chi connectivity index (χ1n) is 13.7. The van der Waals surface area contributed by atoms with Crippen molar-refractivity contribution in [1.82, 2.24) is 24.9 Å². The number of aryl methyl sites for hydroxylation is 1. The van der Waals surface area contributed by atoms with E-state index in [1.807, 2.05) is 20.0 Å². The molecule has 5 rings (SSSR count). The predicted octanol–water partition coefficient (Wildman–Crippen LogP) is 4.67. The first-order valence-corrected chi connectivity index (χ1v) is 15.2. The van der Waals surface area contributed by atoms with E-state index in [1.165, 1.54) is 18.7 Å². The number of hydrogen-bond donors (Lipinski definition) is 3. The van der Waals surface area contributed by atoms with Gasteiger partial charge >= 0.3 is 5.97 Å². The molecule has 12 nitrogen and oxygen atoms in total. The van der Waals surface area contributed by atoms with Crippen LogP contribution in [-0.2, 0) is 9.84 Å². The molecule has 222 valence electrons. The number of rotatable bonds is 8. The number of fused-ring (bicyclic) bond motifs is 1. The molecule has 13 heteroatoms. The highest BCUT2D eigenvalue weighted by molar-refractivity contribution is 7.92. The molecule has 1 fully saturated rings. The number of piperidine rings is 1.